The number of hydrogen-bond donors (Lipinski definition) is 2. The van der Waals surface area contributed by atoms with Gasteiger partial charge in [0.15, 0.2) is 9.84 Å². The van der Waals surface area contributed by atoms with Crippen LogP contribution in [0, 0.1) is 0 Å². The molecule has 1 saturated heterocycles. The molecule has 98 valence electrons. The first-order chi connectivity index (χ1) is 8.53. The number of rotatable bonds is 2. The first kappa shape index (κ1) is 12.0. The molecule has 0 spiro atoms. The fourth-order valence-electron chi connectivity index (χ4n) is 2.44. The van der Waals surface area contributed by atoms with Crippen molar-refractivity contribution in [2.45, 2.75) is 25.4 Å². The van der Waals surface area contributed by atoms with E-state index >= 15 is 0 Å². The molecule has 0 amide bonds. The van der Waals surface area contributed by atoms with Crippen molar-refractivity contribution in [3.63, 3.8) is 0 Å². The fourth-order valence-corrected chi connectivity index (χ4v) is 4.18. The van der Waals surface area contributed by atoms with Crippen LogP contribution in [0.25, 0.3) is 0 Å². The first-order valence-electron chi connectivity index (χ1n) is 5.88. The van der Waals surface area contributed by atoms with E-state index in [0.29, 0.717) is 13.2 Å². The molecule has 1 fully saturated rings. The summed E-state index contributed by atoms with van der Waals surface area (Å²) in [4.78, 5) is 0. The minimum Gasteiger partial charge on any atom is -0.390 e. The summed E-state index contributed by atoms with van der Waals surface area (Å²) in [5.41, 5.74) is 3.12. The van der Waals surface area contributed by atoms with E-state index in [-0.39, 0.29) is 11.5 Å². The summed E-state index contributed by atoms with van der Waals surface area (Å²) >= 11 is 0. The number of ether oxygens (including phenoxy) is 1. The lowest BCUT2D eigenvalue weighted by Gasteiger charge is -2.16. The third-order valence-corrected chi connectivity index (χ3v) is 5.11. The van der Waals surface area contributed by atoms with Crippen LogP contribution >= 0.6 is 0 Å². The summed E-state index contributed by atoms with van der Waals surface area (Å²) in [6.45, 7) is 1.23. The summed E-state index contributed by atoms with van der Waals surface area (Å²) in [6, 6.07) is 5.40. The Bertz CT molecular complexity index is 569. The minimum atomic E-state index is -3.11. The molecule has 3 rings (SSSR count). The Morgan fingerprint density at radius 2 is 2.00 bits per heavy atom. The third-order valence-electron chi connectivity index (χ3n) is 3.40. The maximum absolute atomic E-state index is 11.4. The number of benzene rings is 1. The zero-order chi connectivity index (χ0) is 12.8. The standard InChI is InChI=1S/C12H15NO4S/c14-12-7-18(15,16)6-11(12)13-10-2-1-8-4-17-5-9(8)3-10/h1-3,11-14H,4-7H2. The highest BCUT2D eigenvalue weighted by Crippen LogP contribution is 2.25. The Kier molecular flexibility index (Phi) is 2.80. The molecule has 2 unspecified atom stereocenters. The maximum Gasteiger partial charge on any atom is 0.155 e. The Morgan fingerprint density at radius 3 is 2.72 bits per heavy atom. The summed E-state index contributed by atoms with van der Waals surface area (Å²) in [5, 5.41) is 12.8. The lowest BCUT2D eigenvalue weighted by Crippen LogP contribution is -2.31. The second-order valence-corrected chi connectivity index (χ2v) is 7.03. The van der Waals surface area contributed by atoms with Gasteiger partial charge in [0.1, 0.15) is 0 Å². The van der Waals surface area contributed by atoms with Gasteiger partial charge in [-0.25, -0.2) is 8.42 Å². The van der Waals surface area contributed by atoms with Gasteiger partial charge in [0.25, 0.3) is 0 Å². The van der Waals surface area contributed by atoms with Crippen molar-refractivity contribution in [2.75, 3.05) is 16.8 Å². The Morgan fingerprint density at radius 1 is 1.22 bits per heavy atom. The number of hydrogen-bond acceptors (Lipinski definition) is 5. The SMILES string of the molecule is O=S1(=O)CC(O)C(Nc2ccc3c(c2)COC3)C1. The first-order valence-corrected chi connectivity index (χ1v) is 7.70. The lowest BCUT2D eigenvalue weighted by molar-refractivity contribution is 0.134. The van der Waals surface area contributed by atoms with Gasteiger partial charge in [-0.15, -0.1) is 0 Å². The van der Waals surface area contributed by atoms with E-state index in [9.17, 15) is 13.5 Å². The van der Waals surface area contributed by atoms with Crippen LogP contribution < -0.4 is 5.32 Å². The third kappa shape index (κ3) is 2.23. The number of aliphatic hydroxyl groups is 1. The molecule has 0 bridgehead atoms. The second-order valence-electron chi connectivity index (χ2n) is 4.87. The molecule has 2 N–H and O–H groups in total. The Balaban J connectivity index is 1.77. The van der Waals surface area contributed by atoms with E-state index in [0.717, 1.165) is 11.3 Å². The summed E-state index contributed by atoms with van der Waals surface area (Å²) < 4.78 is 28.1. The average molecular weight is 269 g/mol. The molecule has 0 aliphatic carbocycles. The molecule has 0 radical (unpaired) electrons. The van der Waals surface area contributed by atoms with Gasteiger partial charge in [-0.3, -0.25) is 0 Å². The Labute approximate surface area is 106 Å². The lowest BCUT2D eigenvalue weighted by atomic mass is 10.1. The van der Waals surface area contributed by atoms with Crippen molar-refractivity contribution in [1.29, 1.82) is 0 Å². The van der Waals surface area contributed by atoms with Crippen molar-refractivity contribution < 1.29 is 18.3 Å². The van der Waals surface area contributed by atoms with Crippen LogP contribution in [-0.2, 0) is 27.8 Å². The number of nitrogens with one attached hydrogen (secondary N) is 1. The van der Waals surface area contributed by atoms with Crippen LogP contribution in [-0.4, -0.2) is 37.2 Å². The van der Waals surface area contributed by atoms with Gasteiger partial charge in [-0.2, -0.15) is 0 Å². The van der Waals surface area contributed by atoms with Gasteiger partial charge < -0.3 is 15.2 Å². The van der Waals surface area contributed by atoms with Gasteiger partial charge in [-0.1, -0.05) is 6.07 Å². The molecule has 18 heavy (non-hydrogen) atoms. The topological polar surface area (TPSA) is 75.6 Å². The zero-order valence-corrected chi connectivity index (χ0v) is 10.6. The number of sulfone groups is 1. The molecule has 0 aromatic heterocycles. The fraction of sp³-hybridized carbons (Fsp3) is 0.500. The molecule has 1 aromatic rings. The van der Waals surface area contributed by atoms with E-state index in [4.69, 9.17) is 4.74 Å². The smallest absolute Gasteiger partial charge is 0.155 e. The molecule has 5 nitrogen and oxygen atoms in total. The highest BCUT2D eigenvalue weighted by Gasteiger charge is 2.36. The summed E-state index contributed by atoms with van der Waals surface area (Å²) in [6.07, 6.45) is -0.834. The van der Waals surface area contributed by atoms with Crippen molar-refractivity contribution in [1.82, 2.24) is 0 Å². The van der Waals surface area contributed by atoms with Crippen molar-refractivity contribution in [3.05, 3.63) is 29.3 Å². The molecular weight excluding hydrogens is 254 g/mol. The van der Waals surface area contributed by atoms with E-state index in [1.165, 1.54) is 5.56 Å². The summed E-state index contributed by atoms with van der Waals surface area (Å²) in [7, 11) is -3.11. The van der Waals surface area contributed by atoms with Crippen LogP contribution in [0.2, 0.25) is 0 Å². The average Bonchev–Trinajstić information content (AvgIpc) is 2.83. The van der Waals surface area contributed by atoms with Crippen molar-refractivity contribution in [3.8, 4) is 0 Å². The molecule has 0 saturated carbocycles. The van der Waals surface area contributed by atoms with E-state index < -0.39 is 22.0 Å². The molecule has 1 aromatic carbocycles. The molecule has 2 atom stereocenters. The molecule has 2 aliphatic rings. The number of fused-ring (bicyclic) bond motifs is 1. The van der Waals surface area contributed by atoms with Gasteiger partial charge in [0, 0.05) is 5.69 Å². The van der Waals surface area contributed by atoms with Gasteiger partial charge in [-0.05, 0) is 23.3 Å². The van der Waals surface area contributed by atoms with Crippen molar-refractivity contribution >= 4 is 15.5 Å². The van der Waals surface area contributed by atoms with Crippen molar-refractivity contribution in [2.24, 2.45) is 0 Å². The summed E-state index contributed by atoms with van der Waals surface area (Å²) in [5.74, 6) is -0.166. The predicted molar refractivity (Wildman–Crippen MR) is 67.0 cm³/mol. The number of aliphatic hydroxyl groups excluding tert-OH is 1. The Hall–Kier alpha value is -1.11. The van der Waals surface area contributed by atoms with Crippen LogP contribution in [0.1, 0.15) is 11.1 Å². The van der Waals surface area contributed by atoms with Crippen LogP contribution in [0.5, 0.6) is 0 Å². The largest absolute Gasteiger partial charge is 0.390 e. The van der Waals surface area contributed by atoms with Crippen LogP contribution in [0.15, 0.2) is 18.2 Å². The van der Waals surface area contributed by atoms with Crippen LogP contribution in [0.3, 0.4) is 0 Å². The normalized spacial score (nSPS) is 29.2. The highest BCUT2D eigenvalue weighted by molar-refractivity contribution is 7.91. The van der Waals surface area contributed by atoms with Gasteiger partial charge in [0.05, 0.1) is 36.9 Å². The molecule has 2 heterocycles. The van der Waals surface area contributed by atoms with E-state index in [2.05, 4.69) is 5.32 Å². The quantitative estimate of drug-likeness (QED) is 0.807. The van der Waals surface area contributed by atoms with Gasteiger partial charge in [0.2, 0.25) is 0 Å². The highest BCUT2D eigenvalue weighted by atomic mass is 32.2. The van der Waals surface area contributed by atoms with Crippen LogP contribution in [0.4, 0.5) is 5.69 Å². The van der Waals surface area contributed by atoms with E-state index in [1.54, 1.807) is 0 Å². The number of anilines is 1. The zero-order valence-electron chi connectivity index (χ0n) is 9.80. The molecule has 2 aliphatic heterocycles. The second kappa shape index (κ2) is 4.22. The van der Waals surface area contributed by atoms with Gasteiger partial charge >= 0.3 is 0 Å². The molecule has 6 heteroatoms. The minimum absolute atomic E-state index is 0.0122. The van der Waals surface area contributed by atoms with E-state index in [1.807, 2.05) is 18.2 Å². The maximum atomic E-state index is 11.4. The molecular formula is C12H15NO4S. The monoisotopic (exact) mass is 269 g/mol. The predicted octanol–water partition coefficient (Wildman–Crippen LogP) is 0.287.